The molecule has 3 aromatic rings. The van der Waals surface area contributed by atoms with E-state index in [1.807, 2.05) is 32.0 Å². The first-order valence-electron chi connectivity index (χ1n) is 9.38. The molecule has 1 fully saturated rings. The van der Waals surface area contributed by atoms with Gasteiger partial charge in [0.25, 0.3) is 0 Å². The van der Waals surface area contributed by atoms with Crippen LogP contribution in [-0.2, 0) is 4.74 Å². The lowest BCUT2D eigenvalue weighted by molar-refractivity contribution is -0.0511. The summed E-state index contributed by atoms with van der Waals surface area (Å²) in [6.45, 7) is 3.60. The summed E-state index contributed by atoms with van der Waals surface area (Å²) in [5.74, 6) is 0.255. The monoisotopic (exact) mass is 413 g/mol. The highest BCUT2D eigenvalue weighted by Crippen LogP contribution is 2.32. The number of nitrogens with one attached hydrogen (secondary N) is 1. The average molecular weight is 413 g/mol. The minimum atomic E-state index is -1.27. The standard InChI is InChI=1S/C19H23N7O4/c1-9-4-3-5-11(10(9)2)6-22-25-19-23-16(20)13-17(24-19)26(8-21-13)18-15(29)14(28)12(7-27)30-18/h3-6,8,12,14-15,18,27-29H,7H2,1-2H3,(H3,20,23,24,25)/b22-6+/t12-,14-,15-,18-/m1/s1. The summed E-state index contributed by atoms with van der Waals surface area (Å²) < 4.78 is 6.99. The molecule has 6 N–H and O–H groups in total. The predicted octanol–water partition coefficient (Wildman–Crippen LogP) is 0.0828. The highest BCUT2D eigenvalue weighted by molar-refractivity contribution is 5.84. The van der Waals surface area contributed by atoms with E-state index in [9.17, 15) is 15.3 Å². The van der Waals surface area contributed by atoms with E-state index in [1.54, 1.807) is 6.21 Å². The summed E-state index contributed by atoms with van der Waals surface area (Å²) in [7, 11) is 0. The molecule has 11 heteroatoms. The largest absolute Gasteiger partial charge is 0.394 e. The van der Waals surface area contributed by atoms with Crippen molar-refractivity contribution in [3.8, 4) is 0 Å². The van der Waals surface area contributed by atoms with Crippen LogP contribution in [0.25, 0.3) is 11.2 Å². The van der Waals surface area contributed by atoms with Crippen LogP contribution in [0, 0.1) is 13.8 Å². The van der Waals surface area contributed by atoms with Crippen LogP contribution in [0.2, 0.25) is 0 Å². The molecule has 0 amide bonds. The third-order valence-electron chi connectivity index (χ3n) is 5.25. The molecular formula is C19H23N7O4. The molecular weight excluding hydrogens is 390 g/mol. The van der Waals surface area contributed by atoms with E-state index in [2.05, 4.69) is 25.5 Å². The molecule has 0 aliphatic carbocycles. The van der Waals surface area contributed by atoms with Crippen LogP contribution >= 0.6 is 0 Å². The van der Waals surface area contributed by atoms with Gasteiger partial charge in [0, 0.05) is 0 Å². The molecule has 3 heterocycles. The van der Waals surface area contributed by atoms with Crippen LogP contribution in [0.15, 0.2) is 29.6 Å². The van der Waals surface area contributed by atoms with E-state index in [0.717, 1.165) is 16.7 Å². The molecule has 0 spiro atoms. The van der Waals surface area contributed by atoms with Gasteiger partial charge in [-0.1, -0.05) is 18.2 Å². The number of hydrogen-bond donors (Lipinski definition) is 5. The summed E-state index contributed by atoms with van der Waals surface area (Å²) in [4.78, 5) is 12.7. The van der Waals surface area contributed by atoms with Crippen molar-refractivity contribution in [2.75, 3.05) is 17.8 Å². The minimum absolute atomic E-state index is 0.120. The molecule has 4 rings (SSSR count). The molecule has 0 radical (unpaired) electrons. The number of aliphatic hydroxyl groups excluding tert-OH is 3. The van der Waals surface area contributed by atoms with Crippen molar-refractivity contribution in [2.45, 2.75) is 38.4 Å². The van der Waals surface area contributed by atoms with Crippen molar-refractivity contribution in [3.05, 3.63) is 41.2 Å². The Morgan fingerprint density at radius 2 is 2.07 bits per heavy atom. The van der Waals surface area contributed by atoms with Crippen molar-refractivity contribution in [3.63, 3.8) is 0 Å². The van der Waals surface area contributed by atoms with Crippen LogP contribution in [0.5, 0.6) is 0 Å². The number of rotatable bonds is 5. The van der Waals surface area contributed by atoms with E-state index >= 15 is 0 Å². The van der Waals surface area contributed by atoms with Crippen LogP contribution < -0.4 is 11.2 Å². The maximum absolute atomic E-state index is 10.3. The lowest BCUT2D eigenvalue weighted by Crippen LogP contribution is -2.33. The van der Waals surface area contributed by atoms with Crippen molar-refractivity contribution in [2.24, 2.45) is 5.10 Å². The number of nitrogens with zero attached hydrogens (tertiary/aromatic N) is 5. The molecule has 2 aromatic heterocycles. The van der Waals surface area contributed by atoms with Crippen LogP contribution in [-0.4, -0.2) is 66.0 Å². The molecule has 11 nitrogen and oxygen atoms in total. The number of nitrogens with two attached hydrogens (primary N) is 1. The number of aryl methyl sites for hydroxylation is 1. The molecule has 30 heavy (non-hydrogen) atoms. The van der Waals surface area contributed by atoms with Gasteiger partial charge in [-0.25, -0.2) is 10.4 Å². The van der Waals surface area contributed by atoms with E-state index < -0.39 is 31.1 Å². The molecule has 1 aliphatic rings. The highest BCUT2D eigenvalue weighted by atomic mass is 16.6. The first kappa shape index (κ1) is 20.2. The molecule has 1 aliphatic heterocycles. The van der Waals surface area contributed by atoms with Crippen molar-refractivity contribution >= 4 is 29.1 Å². The Morgan fingerprint density at radius 3 is 2.80 bits per heavy atom. The van der Waals surface area contributed by atoms with E-state index in [-0.39, 0.29) is 11.8 Å². The summed E-state index contributed by atoms with van der Waals surface area (Å²) in [5, 5.41) is 33.8. The first-order valence-corrected chi connectivity index (χ1v) is 9.38. The Hall–Kier alpha value is -3.12. The Morgan fingerprint density at radius 1 is 1.27 bits per heavy atom. The molecule has 1 aromatic carbocycles. The fraction of sp³-hybridized carbons (Fsp3) is 0.368. The fourth-order valence-electron chi connectivity index (χ4n) is 3.36. The SMILES string of the molecule is Cc1cccc(/C=N/Nc2nc(N)c3ncn([C@@H]4O[C@H](CO)[C@@H](O)[C@H]4O)c3n2)c1C. The van der Waals surface area contributed by atoms with Gasteiger partial charge in [-0.05, 0) is 30.5 Å². The maximum atomic E-state index is 10.3. The zero-order valence-corrected chi connectivity index (χ0v) is 16.5. The number of ether oxygens (including phenoxy) is 1. The molecule has 0 saturated carbocycles. The minimum Gasteiger partial charge on any atom is -0.394 e. The third-order valence-corrected chi connectivity index (χ3v) is 5.25. The van der Waals surface area contributed by atoms with Gasteiger partial charge in [0.15, 0.2) is 17.7 Å². The molecule has 0 bridgehead atoms. The van der Waals surface area contributed by atoms with Gasteiger partial charge in [0.1, 0.15) is 23.8 Å². The molecule has 1 saturated heterocycles. The number of aliphatic hydroxyl groups is 3. The Kier molecular flexibility index (Phi) is 5.35. The first-order chi connectivity index (χ1) is 14.4. The molecule has 4 atom stereocenters. The van der Waals surface area contributed by atoms with Crippen LogP contribution in [0.3, 0.4) is 0 Å². The average Bonchev–Trinajstić information content (AvgIpc) is 3.27. The fourth-order valence-corrected chi connectivity index (χ4v) is 3.36. The lowest BCUT2D eigenvalue weighted by atomic mass is 10.0. The second-order valence-corrected chi connectivity index (χ2v) is 7.14. The number of hydrogen-bond acceptors (Lipinski definition) is 10. The van der Waals surface area contributed by atoms with Gasteiger partial charge in [-0.15, -0.1) is 0 Å². The van der Waals surface area contributed by atoms with Gasteiger partial charge < -0.3 is 25.8 Å². The highest BCUT2D eigenvalue weighted by Gasteiger charge is 2.44. The maximum Gasteiger partial charge on any atom is 0.247 e. The Bertz CT molecular complexity index is 1100. The number of benzene rings is 1. The van der Waals surface area contributed by atoms with Gasteiger partial charge in [-0.2, -0.15) is 15.1 Å². The Balaban J connectivity index is 1.62. The number of aromatic nitrogens is 4. The Labute approximate surface area is 171 Å². The molecule has 158 valence electrons. The smallest absolute Gasteiger partial charge is 0.247 e. The number of hydrazone groups is 1. The van der Waals surface area contributed by atoms with E-state index in [4.69, 9.17) is 10.5 Å². The number of nitrogen functional groups attached to an aromatic ring is 1. The summed E-state index contributed by atoms with van der Waals surface area (Å²) in [6, 6.07) is 5.92. The lowest BCUT2D eigenvalue weighted by Gasteiger charge is -2.16. The zero-order valence-electron chi connectivity index (χ0n) is 16.5. The van der Waals surface area contributed by atoms with Crippen molar-refractivity contribution in [1.29, 1.82) is 0 Å². The second kappa shape index (κ2) is 7.95. The number of anilines is 2. The van der Waals surface area contributed by atoms with Gasteiger partial charge in [-0.3, -0.25) is 4.57 Å². The third kappa shape index (κ3) is 3.48. The number of fused-ring (bicyclic) bond motifs is 1. The molecule has 0 unspecified atom stereocenters. The predicted molar refractivity (Wildman–Crippen MR) is 110 cm³/mol. The van der Waals surface area contributed by atoms with Gasteiger partial charge >= 0.3 is 0 Å². The van der Waals surface area contributed by atoms with E-state index in [0.29, 0.717) is 11.2 Å². The zero-order chi connectivity index (χ0) is 21.4. The van der Waals surface area contributed by atoms with Gasteiger partial charge in [0.05, 0.1) is 19.1 Å². The van der Waals surface area contributed by atoms with E-state index in [1.165, 1.54) is 10.9 Å². The van der Waals surface area contributed by atoms with Crippen molar-refractivity contribution < 1.29 is 20.1 Å². The second-order valence-electron chi connectivity index (χ2n) is 7.14. The normalized spacial score (nSPS) is 24.2. The van der Waals surface area contributed by atoms with Crippen LogP contribution in [0.4, 0.5) is 11.8 Å². The summed E-state index contributed by atoms with van der Waals surface area (Å²) in [5.41, 5.74) is 12.6. The number of imidazole rings is 1. The topological polar surface area (TPSA) is 164 Å². The summed E-state index contributed by atoms with van der Waals surface area (Å²) in [6.07, 6.45) is -1.36. The van der Waals surface area contributed by atoms with Crippen LogP contribution in [0.1, 0.15) is 22.9 Å². The van der Waals surface area contributed by atoms with Gasteiger partial charge in [0.2, 0.25) is 5.95 Å². The summed E-state index contributed by atoms with van der Waals surface area (Å²) >= 11 is 0. The van der Waals surface area contributed by atoms with Crippen molar-refractivity contribution in [1.82, 2.24) is 19.5 Å². The quantitative estimate of drug-likeness (QED) is 0.288.